The van der Waals surface area contributed by atoms with Crippen molar-refractivity contribution in [1.29, 1.82) is 0 Å². The topological polar surface area (TPSA) is 30.5 Å². The lowest BCUT2D eigenvalue weighted by Gasteiger charge is -2.09. The molecule has 1 rings (SSSR count). The highest BCUT2D eigenvalue weighted by Gasteiger charge is 2.09. The van der Waals surface area contributed by atoms with E-state index >= 15 is 0 Å². The lowest BCUT2D eigenvalue weighted by Crippen LogP contribution is -2.28. The summed E-state index contributed by atoms with van der Waals surface area (Å²) < 4.78 is 10.3. The standard InChI is InChI=1S/C6H13NO2/c1-8-6-4-7-2-3-9-5-6/h6-7H,2-5H2,1H3. The second kappa shape index (κ2) is 3.82. The maximum Gasteiger partial charge on any atom is 0.0928 e. The van der Waals surface area contributed by atoms with Crippen LogP contribution in [0.15, 0.2) is 0 Å². The molecule has 0 saturated carbocycles. The zero-order valence-electron chi connectivity index (χ0n) is 5.72. The smallest absolute Gasteiger partial charge is 0.0928 e. The Morgan fingerprint density at radius 3 is 3.33 bits per heavy atom. The minimum Gasteiger partial charge on any atom is -0.378 e. The third kappa shape index (κ3) is 2.30. The lowest BCUT2D eigenvalue weighted by atomic mass is 10.4. The van der Waals surface area contributed by atoms with Crippen molar-refractivity contribution in [2.45, 2.75) is 6.10 Å². The van der Waals surface area contributed by atoms with Crippen LogP contribution in [-0.2, 0) is 9.47 Å². The molecule has 1 aliphatic heterocycles. The van der Waals surface area contributed by atoms with Crippen LogP contribution in [0.5, 0.6) is 0 Å². The number of rotatable bonds is 1. The van der Waals surface area contributed by atoms with Crippen molar-refractivity contribution in [3.05, 3.63) is 0 Å². The molecule has 3 heteroatoms. The van der Waals surface area contributed by atoms with Crippen LogP contribution in [0, 0.1) is 0 Å². The van der Waals surface area contributed by atoms with Gasteiger partial charge in [0, 0.05) is 20.2 Å². The van der Waals surface area contributed by atoms with E-state index in [-0.39, 0.29) is 6.10 Å². The molecule has 1 heterocycles. The van der Waals surface area contributed by atoms with E-state index in [0.29, 0.717) is 0 Å². The van der Waals surface area contributed by atoms with Crippen molar-refractivity contribution < 1.29 is 9.47 Å². The molecular formula is C6H13NO2. The minimum atomic E-state index is 0.243. The van der Waals surface area contributed by atoms with Crippen molar-refractivity contribution in [2.75, 3.05) is 33.4 Å². The Kier molecular flexibility index (Phi) is 2.97. The zero-order valence-corrected chi connectivity index (χ0v) is 5.72. The highest BCUT2D eigenvalue weighted by atomic mass is 16.5. The zero-order chi connectivity index (χ0) is 6.53. The molecule has 1 fully saturated rings. The van der Waals surface area contributed by atoms with Crippen molar-refractivity contribution in [3.63, 3.8) is 0 Å². The summed E-state index contributed by atoms with van der Waals surface area (Å²) in [7, 11) is 1.71. The van der Waals surface area contributed by atoms with Crippen LogP contribution in [0.3, 0.4) is 0 Å². The average molecular weight is 131 g/mol. The van der Waals surface area contributed by atoms with Gasteiger partial charge in [-0.2, -0.15) is 0 Å². The Bertz CT molecular complexity index is 69.5. The number of ether oxygens (including phenoxy) is 2. The molecule has 1 N–H and O–H groups in total. The molecule has 0 aromatic carbocycles. The first kappa shape index (κ1) is 6.99. The average Bonchev–Trinajstić information content (AvgIpc) is 2.13. The summed E-state index contributed by atoms with van der Waals surface area (Å²) in [6.45, 7) is 3.39. The van der Waals surface area contributed by atoms with Gasteiger partial charge in [0.2, 0.25) is 0 Å². The molecule has 1 atom stereocenters. The van der Waals surface area contributed by atoms with Gasteiger partial charge in [-0.3, -0.25) is 0 Å². The van der Waals surface area contributed by atoms with E-state index in [0.717, 1.165) is 26.3 Å². The summed E-state index contributed by atoms with van der Waals surface area (Å²) >= 11 is 0. The fraction of sp³-hybridized carbons (Fsp3) is 1.00. The summed E-state index contributed by atoms with van der Waals surface area (Å²) in [6, 6.07) is 0. The summed E-state index contributed by atoms with van der Waals surface area (Å²) in [5.41, 5.74) is 0. The molecule has 0 radical (unpaired) electrons. The van der Waals surface area contributed by atoms with Crippen LogP contribution in [0.2, 0.25) is 0 Å². The van der Waals surface area contributed by atoms with Crippen molar-refractivity contribution >= 4 is 0 Å². The third-order valence-electron chi connectivity index (χ3n) is 1.43. The van der Waals surface area contributed by atoms with E-state index in [2.05, 4.69) is 5.32 Å². The van der Waals surface area contributed by atoms with Gasteiger partial charge in [-0.05, 0) is 0 Å². The van der Waals surface area contributed by atoms with Gasteiger partial charge >= 0.3 is 0 Å². The van der Waals surface area contributed by atoms with Crippen LogP contribution in [0.1, 0.15) is 0 Å². The molecule has 0 spiro atoms. The van der Waals surface area contributed by atoms with Gasteiger partial charge in [0.15, 0.2) is 0 Å². The van der Waals surface area contributed by atoms with Crippen LogP contribution in [0.25, 0.3) is 0 Å². The summed E-state index contributed by atoms with van der Waals surface area (Å²) in [4.78, 5) is 0. The van der Waals surface area contributed by atoms with Gasteiger partial charge in [-0.1, -0.05) is 0 Å². The second-order valence-corrected chi connectivity index (χ2v) is 2.14. The molecule has 0 aromatic rings. The number of hydrogen-bond acceptors (Lipinski definition) is 3. The van der Waals surface area contributed by atoms with Gasteiger partial charge in [-0.15, -0.1) is 0 Å². The Hall–Kier alpha value is -0.120. The first-order valence-corrected chi connectivity index (χ1v) is 3.24. The van der Waals surface area contributed by atoms with E-state index in [4.69, 9.17) is 9.47 Å². The Labute approximate surface area is 55.3 Å². The second-order valence-electron chi connectivity index (χ2n) is 2.14. The molecule has 9 heavy (non-hydrogen) atoms. The molecule has 3 nitrogen and oxygen atoms in total. The highest BCUT2D eigenvalue weighted by Crippen LogP contribution is 1.92. The molecule has 1 aliphatic rings. The molecule has 1 saturated heterocycles. The molecule has 0 aliphatic carbocycles. The van der Waals surface area contributed by atoms with E-state index in [1.807, 2.05) is 0 Å². The van der Waals surface area contributed by atoms with Crippen LogP contribution < -0.4 is 5.32 Å². The van der Waals surface area contributed by atoms with Crippen molar-refractivity contribution in [1.82, 2.24) is 5.32 Å². The first-order valence-electron chi connectivity index (χ1n) is 3.24. The first-order chi connectivity index (χ1) is 4.43. The molecule has 0 bridgehead atoms. The largest absolute Gasteiger partial charge is 0.378 e. The fourth-order valence-electron chi connectivity index (χ4n) is 0.832. The minimum absolute atomic E-state index is 0.243. The number of nitrogens with one attached hydrogen (secondary N) is 1. The van der Waals surface area contributed by atoms with Gasteiger partial charge in [-0.25, -0.2) is 0 Å². The summed E-state index contributed by atoms with van der Waals surface area (Å²) in [5.74, 6) is 0. The number of methoxy groups -OCH3 is 1. The molecule has 0 aromatic heterocycles. The summed E-state index contributed by atoms with van der Waals surface area (Å²) in [5, 5.41) is 3.20. The van der Waals surface area contributed by atoms with E-state index in [9.17, 15) is 0 Å². The van der Waals surface area contributed by atoms with Crippen LogP contribution >= 0.6 is 0 Å². The van der Waals surface area contributed by atoms with Crippen LogP contribution in [-0.4, -0.2) is 39.5 Å². The van der Waals surface area contributed by atoms with Crippen molar-refractivity contribution in [2.24, 2.45) is 0 Å². The van der Waals surface area contributed by atoms with Crippen molar-refractivity contribution in [3.8, 4) is 0 Å². The predicted octanol–water partition coefficient (Wildman–Crippen LogP) is -0.379. The van der Waals surface area contributed by atoms with E-state index in [1.165, 1.54) is 0 Å². The number of hydrogen-bond donors (Lipinski definition) is 1. The third-order valence-corrected chi connectivity index (χ3v) is 1.43. The van der Waals surface area contributed by atoms with Gasteiger partial charge < -0.3 is 14.8 Å². The van der Waals surface area contributed by atoms with E-state index < -0.39 is 0 Å². The van der Waals surface area contributed by atoms with Crippen LogP contribution in [0.4, 0.5) is 0 Å². The predicted molar refractivity (Wildman–Crippen MR) is 34.5 cm³/mol. The highest BCUT2D eigenvalue weighted by molar-refractivity contribution is 4.63. The normalized spacial score (nSPS) is 29.7. The Morgan fingerprint density at radius 2 is 2.56 bits per heavy atom. The molecule has 54 valence electrons. The lowest BCUT2D eigenvalue weighted by molar-refractivity contribution is 0.0279. The van der Waals surface area contributed by atoms with E-state index in [1.54, 1.807) is 7.11 Å². The monoisotopic (exact) mass is 131 g/mol. The summed E-state index contributed by atoms with van der Waals surface area (Å²) in [6.07, 6.45) is 0.243. The van der Waals surface area contributed by atoms with Gasteiger partial charge in [0.25, 0.3) is 0 Å². The Morgan fingerprint density at radius 1 is 1.67 bits per heavy atom. The molecular weight excluding hydrogens is 118 g/mol. The maximum absolute atomic E-state index is 5.21. The Balaban J connectivity index is 2.18. The molecule has 0 amide bonds. The quantitative estimate of drug-likeness (QED) is 0.526. The fourth-order valence-corrected chi connectivity index (χ4v) is 0.832. The molecule has 1 unspecified atom stereocenters. The van der Waals surface area contributed by atoms with Gasteiger partial charge in [0.05, 0.1) is 19.3 Å². The maximum atomic E-state index is 5.21. The SMILES string of the molecule is COC1CNCCOC1. The van der Waals surface area contributed by atoms with Gasteiger partial charge in [0.1, 0.15) is 0 Å².